The van der Waals surface area contributed by atoms with Crippen LogP contribution >= 0.6 is 0 Å². The molecule has 0 bridgehead atoms. The van der Waals surface area contributed by atoms with Crippen LogP contribution in [0, 0.1) is 6.92 Å². The van der Waals surface area contributed by atoms with Crippen LogP contribution in [0.25, 0.3) is 0 Å². The number of carbonyl (C=O) groups is 1. The zero-order chi connectivity index (χ0) is 15.2. The van der Waals surface area contributed by atoms with E-state index in [1.165, 1.54) is 0 Å². The Labute approximate surface area is 124 Å². The predicted octanol–water partition coefficient (Wildman–Crippen LogP) is 2.64. The van der Waals surface area contributed by atoms with Gasteiger partial charge < -0.3 is 15.8 Å². The number of carbonyl (C=O) groups excluding carboxylic acids is 1. The summed E-state index contributed by atoms with van der Waals surface area (Å²) in [5.74, 6) is 0.553. The molecule has 2 rings (SSSR count). The molecule has 1 amide bonds. The van der Waals surface area contributed by atoms with Crippen LogP contribution in [0.2, 0.25) is 0 Å². The number of hydrogen-bond donors (Lipinski definition) is 2. The Morgan fingerprint density at radius 2 is 2.00 bits per heavy atom. The Morgan fingerprint density at radius 1 is 1.24 bits per heavy atom. The van der Waals surface area contributed by atoms with Crippen LogP contribution in [0.4, 0.5) is 5.69 Å². The normalized spacial score (nSPS) is 10.2. The van der Waals surface area contributed by atoms with E-state index in [1.807, 2.05) is 43.3 Å². The lowest BCUT2D eigenvalue weighted by Crippen LogP contribution is -2.15. The number of anilines is 1. The Hall–Kier alpha value is -2.49. The minimum absolute atomic E-state index is 0.241. The summed E-state index contributed by atoms with van der Waals surface area (Å²) in [7, 11) is 1.67. The third-order valence-electron chi connectivity index (χ3n) is 3.32. The number of nitrogens with one attached hydrogen (secondary N) is 1. The van der Waals surface area contributed by atoms with Gasteiger partial charge in [-0.15, -0.1) is 0 Å². The summed E-state index contributed by atoms with van der Waals surface area (Å²) in [4.78, 5) is 11.1. The second-order valence-electron chi connectivity index (χ2n) is 4.96. The van der Waals surface area contributed by atoms with Gasteiger partial charge in [0.05, 0.1) is 13.5 Å². The van der Waals surface area contributed by atoms with Gasteiger partial charge in [0.2, 0.25) is 5.91 Å². The molecule has 21 heavy (non-hydrogen) atoms. The van der Waals surface area contributed by atoms with Gasteiger partial charge >= 0.3 is 0 Å². The summed E-state index contributed by atoms with van der Waals surface area (Å²) in [5, 5.41) is 3.35. The van der Waals surface area contributed by atoms with Gasteiger partial charge in [0.25, 0.3) is 0 Å². The molecule has 110 valence electrons. The largest absolute Gasteiger partial charge is 0.496 e. The summed E-state index contributed by atoms with van der Waals surface area (Å²) in [6.07, 6.45) is 0.241. The number of methoxy groups -OCH3 is 1. The Bertz CT molecular complexity index is 638. The van der Waals surface area contributed by atoms with Crippen molar-refractivity contribution in [3.8, 4) is 5.75 Å². The number of ether oxygens (including phenoxy) is 1. The molecule has 0 aliphatic carbocycles. The predicted molar refractivity (Wildman–Crippen MR) is 84.4 cm³/mol. The summed E-state index contributed by atoms with van der Waals surface area (Å²) < 4.78 is 5.25. The van der Waals surface area contributed by atoms with E-state index in [0.29, 0.717) is 6.54 Å². The molecular formula is C17H20N2O2. The van der Waals surface area contributed by atoms with Crippen molar-refractivity contribution < 1.29 is 9.53 Å². The maximum atomic E-state index is 11.1. The van der Waals surface area contributed by atoms with Crippen LogP contribution in [0.15, 0.2) is 42.5 Å². The molecule has 0 aliphatic heterocycles. The molecule has 0 heterocycles. The number of aryl methyl sites for hydroxylation is 1. The van der Waals surface area contributed by atoms with Crippen molar-refractivity contribution in [2.24, 2.45) is 5.73 Å². The van der Waals surface area contributed by atoms with E-state index in [1.54, 1.807) is 7.11 Å². The van der Waals surface area contributed by atoms with E-state index in [4.69, 9.17) is 10.5 Å². The van der Waals surface area contributed by atoms with Crippen molar-refractivity contribution in [2.45, 2.75) is 19.9 Å². The molecule has 0 spiro atoms. The number of nitrogens with two attached hydrogens (primary N) is 1. The molecule has 0 saturated carbocycles. The van der Waals surface area contributed by atoms with E-state index in [0.717, 1.165) is 28.1 Å². The molecule has 0 atom stereocenters. The fourth-order valence-corrected chi connectivity index (χ4v) is 2.28. The standard InChI is InChI=1S/C17H20N2O2/c1-12-9-13(7-8-16(12)21-2)11-19-15-6-4-3-5-14(15)10-17(18)20/h3-9,19H,10-11H2,1-2H3,(H2,18,20). The van der Waals surface area contributed by atoms with Gasteiger partial charge in [-0.3, -0.25) is 4.79 Å². The smallest absolute Gasteiger partial charge is 0.221 e. The maximum Gasteiger partial charge on any atom is 0.221 e. The molecule has 0 aromatic heterocycles. The molecule has 2 aromatic carbocycles. The zero-order valence-corrected chi connectivity index (χ0v) is 12.3. The average molecular weight is 284 g/mol. The first-order valence-electron chi connectivity index (χ1n) is 6.83. The first-order chi connectivity index (χ1) is 10.1. The number of hydrogen-bond acceptors (Lipinski definition) is 3. The number of amides is 1. The lowest BCUT2D eigenvalue weighted by Gasteiger charge is -2.12. The minimum Gasteiger partial charge on any atom is -0.496 e. The lowest BCUT2D eigenvalue weighted by atomic mass is 10.1. The van der Waals surface area contributed by atoms with Crippen molar-refractivity contribution in [3.05, 3.63) is 59.2 Å². The Balaban J connectivity index is 2.09. The second kappa shape index (κ2) is 6.79. The lowest BCUT2D eigenvalue weighted by molar-refractivity contribution is -0.117. The van der Waals surface area contributed by atoms with Gasteiger partial charge in [0.15, 0.2) is 0 Å². The molecule has 0 saturated heterocycles. The quantitative estimate of drug-likeness (QED) is 0.857. The molecule has 0 radical (unpaired) electrons. The Morgan fingerprint density at radius 3 is 2.67 bits per heavy atom. The van der Waals surface area contributed by atoms with Crippen molar-refractivity contribution in [3.63, 3.8) is 0 Å². The van der Waals surface area contributed by atoms with Crippen LogP contribution in [0.1, 0.15) is 16.7 Å². The molecule has 2 aromatic rings. The summed E-state index contributed by atoms with van der Waals surface area (Å²) >= 11 is 0. The molecule has 0 fully saturated rings. The Kier molecular flexibility index (Phi) is 4.82. The highest BCUT2D eigenvalue weighted by Crippen LogP contribution is 2.20. The third-order valence-corrected chi connectivity index (χ3v) is 3.32. The number of rotatable bonds is 6. The molecule has 3 N–H and O–H groups in total. The second-order valence-corrected chi connectivity index (χ2v) is 4.96. The first kappa shape index (κ1) is 14.9. The highest BCUT2D eigenvalue weighted by atomic mass is 16.5. The minimum atomic E-state index is -0.329. The number of primary amides is 1. The van der Waals surface area contributed by atoms with Crippen LogP contribution in [0.3, 0.4) is 0 Å². The van der Waals surface area contributed by atoms with Crippen LogP contribution in [0.5, 0.6) is 5.75 Å². The maximum absolute atomic E-state index is 11.1. The molecular weight excluding hydrogens is 264 g/mol. The van der Waals surface area contributed by atoms with Crippen LogP contribution in [-0.4, -0.2) is 13.0 Å². The fraction of sp³-hybridized carbons (Fsp3) is 0.235. The fourth-order valence-electron chi connectivity index (χ4n) is 2.28. The monoisotopic (exact) mass is 284 g/mol. The van der Waals surface area contributed by atoms with Crippen molar-refractivity contribution >= 4 is 11.6 Å². The summed E-state index contributed by atoms with van der Waals surface area (Å²) in [5.41, 5.74) is 9.37. The summed E-state index contributed by atoms with van der Waals surface area (Å²) in [6.45, 7) is 2.70. The van der Waals surface area contributed by atoms with Crippen molar-refractivity contribution in [1.29, 1.82) is 0 Å². The van der Waals surface area contributed by atoms with E-state index >= 15 is 0 Å². The van der Waals surface area contributed by atoms with Gasteiger partial charge in [-0.2, -0.15) is 0 Å². The average Bonchev–Trinajstić information content (AvgIpc) is 2.46. The summed E-state index contributed by atoms with van der Waals surface area (Å²) in [6, 6.07) is 13.8. The topological polar surface area (TPSA) is 64.3 Å². The van der Waals surface area contributed by atoms with Crippen molar-refractivity contribution in [1.82, 2.24) is 0 Å². The molecule has 0 unspecified atom stereocenters. The number of para-hydroxylation sites is 1. The van der Waals surface area contributed by atoms with Gasteiger partial charge in [-0.25, -0.2) is 0 Å². The third kappa shape index (κ3) is 3.99. The zero-order valence-electron chi connectivity index (χ0n) is 12.3. The highest BCUT2D eigenvalue weighted by Gasteiger charge is 2.05. The van der Waals surface area contributed by atoms with E-state index < -0.39 is 0 Å². The first-order valence-corrected chi connectivity index (χ1v) is 6.83. The van der Waals surface area contributed by atoms with E-state index in [-0.39, 0.29) is 12.3 Å². The van der Waals surface area contributed by atoms with Crippen LogP contribution < -0.4 is 15.8 Å². The molecule has 0 aliphatic rings. The van der Waals surface area contributed by atoms with Gasteiger partial charge in [0.1, 0.15) is 5.75 Å². The SMILES string of the molecule is COc1ccc(CNc2ccccc2CC(N)=O)cc1C. The molecule has 4 nitrogen and oxygen atoms in total. The van der Waals surface area contributed by atoms with Gasteiger partial charge in [-0.05, 0) is 35.7 Å². The number of benzene rings is 2. The van der Waals surface area contributed by atoms with Gasteiger partial charge in [0, 0.05) is 12.2 Å². The molecule has 4 heteroatoms. The van der Waals surface area contributed by atoms with Crippen molar-refractivity contribution in [2.75, 3.05) is 12.4 Å². The highest BCUT2D eigenvalue weighted by molar-refractivity contribution is 5.78. The van der Waals surface area contributed by atoms with Crippen LogP contribution in [-0.2, 0) is 17.8 Å². The van der Waals surface area contributed by atoms with E-state index in [2.05, 4.69) is 11.4 Å². The van der Waals surface area contributed by atoms with E-state index in [9.17, 15) is 4.79 Å². The van der Waals surface area contributed by atoms with Gasteiger partial charge in [-0.1, -0.05) is 30.3 Å².